The predicted octanol–water partition coefficient (Wildman–Crippen LogP) is 4.03. The number of hydrogen-bond donors (Lipinski definition) is 1. The topological polar surface area (TPSA) is 32.3 Å². The van der Waals surface area contributed by atoms with E-state index in [1.165, 1.54) is 12.1 Å². The van der Waals surface area contributed by atoms with Crippen molar-refractivity contribution in [3.8, 4) is 0 Å². The van der Waals surface area contributed by atoms with Gasteiger partial charge < -0.3 is 10.2 Å². The molecule has 0 unspecified atom stereocenters. The van der Waals surface area contributed by atoms with Crippen LogP contribution in [0.1, 0.15) is 24.0 Å². The van der Waals surface area contributed by atoms with Crippen LogP contribution in [-0.2, 0) is 17.4 Å². The van der Waals surface area contributed by atoms with Crippen LogP contribution in [0.4, 0.5) is 18.9 Å². The molecule has 3 rings (SSSR count). The number of hydrogen-bond acceptors (Lipinski definition) is 2. The van der Waals surface area contributed by atoms with Gasteiger partial charge in [0.15, 0.2) is 0 Å². The molecule has 3 nitrogen and oxygen atoms in total. The van der Waals surface area contributed by atoms with Crippen LogP contribution in [0.25, 0.3) is 0 Å². The van der Waals surface area contributed by atoms with Crippen molar-refractivity contribution >= 4 is 11.6 Å². The maximum atomic E-state index is 12.7. The average Bonchev–Trinajstić information content (AvgIpc) is 2.62. The fraction of sp³-hybridized carbons (Fsp3) is 0.350. The second-order valence-corrected chi connectivity index (χ2v) is 6.56. The second-order valence-electron chi connectivity index (χ2n) is 6.56. The van der Waals surface area contributed by atoms with Crippen molar-refractivity contribution in [1.29, 1.82) is 0 Å². The summed E-state index contributed by atoms with van der Waals surface area (Å²) in [5, 5.41) is 3.04. The van der Waals surface area contributed by atoms with Crippen molar-refractivity contribution in [2.45, 2.75) is 31.5 Å². The molecule has 0 saturated carbocycles. The number of rotatable bonds is 4. The van der Waals surface area contributed by atoms with Gasteiger partial charge in [-0.15, -0.1) is 0 Å². The van der Waals surface area contributed by atoms with E-state index in [-0.39, 0.29) is 11.9 Å². The molecule has 0 aromatic heterocycles. The molecule has 0 aliphatic carbocycles. The van der Waals surface area contributed by atoms with Gasteiger partial charge in [-0.05, 0) is 42.7 Å². The molecule has 0 spiro atoms. The molecule has 2 aromatic carbocycles. The highest BCUT2D eigenvalue weighted by Gasteiger charge is 2.30. The van der Waals surface area contributed by atoms with Crippen LogP contribution in [0, 0.1) is 0 Å². The Bertz CT molecular complexity index is 729. The van der Waals surface area contributed by atoms with Crippen LogP contribution in [0.2, 0.25) is 0 Å². The SMILES string of the molecule is O=C(Cc1ccccc1)N[C@H]1CCCN(c2ccc(C(F)(F)F)cc2)C1. The molecule has 138 valence electrons. The molecule has 0 radical (unpaired) electrons. The van der Waals surface area contributed by atoms with Gasteiger partial charge in [0.2, 0.25) is 5.91 Å². The van der Waals surface area contributed by atoms with Crippen LogP contribution < -0.4 is 10.2 Å². The minimum atomic E-state index is -4.33. The van der Waals surface area contributed by atoms with E-state index in [0.29, 0.717) is 13.0 Å². The number of nitrogens with zero attached hydrogens (tertiary/aromatic N) is 1. The third-order valence-electron chi connectivity index (χ3n) is 4.55. The summed E-state index contributed by atoms with van der Waals surface area (Å²) < 4.78 is 38.1. The highest BCUT2D eigenvalue weighted by molar-refractivity contribution is 5.79. The largest absolute Gasteiger partial charge is 0.416 e. The first-order valence-electron chi connectivity index (χ1n) is 8.67. The number of carbonyl (C=O) groups is 1. The Balaban J connectivity index is 1.58. The molecule has 1 N–H and O–H groups in total. The molecule has 1 heterocycles. The van der Waals surface area contributed by atoms with Crippen LogP contribution in [-0.4, -0.2) is 25.0 Å². The van der Waals surface area contributed by atoms with Gasteiger partial charge in [-0.2, -0.15) is 13.2 Å². The highest BCUT2D eigenvalue weighted by Crippen LogP contribution is 2.31. The first kappa shape index (κ1) is 18.3. The number of nitrogens with one attached hydrogen (secondary N) is 1. The van der Waals surface area contributed by atoms with Crippen molar-refractivity contribution in [3.05, 3.63) is 65.7 Å². The van der Waals surface area contributed by atoms with Crippen molar-refractivity contribution in [2.24, 2.45) is 0 Å². The Labute approximate surface area is 150 Å². The zero-order valence-electron chi connectivity index (χ0n) is 14.3. The Kier molecular flexibility index (Phi) is 5.49. The highest BCUT2D eigenvalue weighted by atomic mass is 19.4. The summed E-state index contributed by atoms with van der Waals surface area (Å²) >= 11 is 0. The lowest BCUT2D eigenvalue weighted by Gasteiger charge is -2.35. The number of carbonyl (C=O) groups excluding carboxylic acids is 1. The molecule has 26 heavy (non-hydrogen) atoms. The number of amides is 1. The normalized spacial score (nSPS) is 17.8. The monoisotopic (exact) mass is 362 g/mol. The van der Waals surface area contributed by atoms with Crippen LogP contribution >= 0.6 is 0 Å². The lowest BCUT2D eigenvalue weighted by molar-refractivity contribution is -0.137. The van der Waals surface area contributed by atoms with Gasteiger partial charge >= 0.3 is 6.18 Å². The van der Waals surface area contributed by atoms with E-state index >= 15 is 0 Å². The van der Waals surface area contributed by atoms with Gasteiger partial charge in [-0.1, -0.05) is 30.3 Å². The van der Waals surface area contributed by atoms with Gasteiger partial charge in [-0.25, -0.2) is 0 Å². The fourth-order valence-corrected chi connectivity index (χ4v) is 3.25. The van der Waals surface area contributed by atoms with Crippen LogP contribution in [0.3, 0.4) is 0 Å². The third kappa shape index (κ3) is 4.77. The first-order valence-corrected chi connectivity index (χ1v) is 8.67. The van der Waals surface area contributed by atoms with Gasteiger partial charge in [0.05, 0.1) is 12.0 Å². The molecule has 1 aliphatic heterocycles. The smallest absolute Gasteiger partial charge is 0.369 e. The Hall–Kier alpha value is -2.50. The van der Waals surface area contributed by atoms with Gasteiger partial charge in [-0.3, -0.25) is 4.79 Å². The van der Waals surface area contributed by atoms with Crippen LogP contribution in [0.5, 0.6) is 0 Å². The molecule has 0 bridgehead atoms. The lowest BCUT2D eigenvalue weighted by atomic mass is 10.0. The summed E-state index contributed by atoms with van der Waals surface area (Å²) in [6.07, 6.45) is -2.24. The number of piperidine rings is 1. The number of alkyl halides is 3. The van der Waals surface area contributed by atoms with Gasteiger partial charge in [0.25, 0.3) is 0 Å². The Morgan fingerprint density at radius 3 is 2.42 bits per heavy atom. The zero-order valence-corrected chi connectivity index (χ0v) is 14.3. The molecule has 1 fully saturated rings. The summed E-state index contributed by atoms with van der Waals surface area (Å²) in [5.74, 6) is -0.0320. The van der Waals surface area contributed by atoms with Crippen molar-refractivity contribution in [3.63, 3.8) is 0 Å². The van der Waals surface area contributed by atoms with E-state index in [9.17, 15) is 18.0 Å². The molecule has 1 saturated heterocycles. The molecule has 2 aromatic rings. The van der Waals surface area contributed by atoms with Crippen molar-refractivity contribution in [1.82, 2.24) is 5.32 Å². The molecule has 1 aliphatic rings. The standard InChI is InChI=1S/C20H21F3N2O/c21-20(22,23)16-8-10-18(11-9-16)25-12-4-7-17(14-25)24-19(26)13-15-5-2-1-3-6-15/h1-3,5-6,8-11,17H,4,7,12-14H2,(H,24,26)/t17-/m0/s1. The number of anilines is 1. The third-order valence-corrected chi connectivity index (χ3v) is 4.55. The molecule has 1 atom stereocenters. The second kappa shape index (κ2) is 7.81. The van der Waals surface area contributed by atoms with E-state index in [4.69, 9.17) is 0 Å². The van der Waals surface area contributed by atoms with E-state index in [0.717, 1.165) is 42.8 Å². The summed E-state index contributed by atoms with van der Waals surface area (Å²) in [6.45, 7) is 1.38. The number of benzene rings is 2. The molecule has 6 heteroatoms. The zero-order chi connectivity index (χ0) is 18.6. The minimum absolute atomic E-state index is 0.00209. The summed E-state index contributed by atoms with van der Waals surface area (Å²) in [7, 11) is 0. The Morgan fingerprint density at radius 1 is 1.08 bits per heavy atom. The van der Waals surface area contributed by atoms with E-state index < -0.39 is 11.7 Å². The number of halogens is 3. The molecular formula is C20H21F3N2O. The predicted molar refractivity (Wildman–Crippen MR) is 95.0 cm³/mol. The Morgan fingerprint density at radius 2 is 1.77 bits per heavy atom. The summed E-state index contributed by atoms with van der Waals surface area (Å²) in [6, 6.07) is 14.7. The quantitative estimate of drug-likeness (QED) is 0.891. The van der Waals surface area contributed by atoms with E-state index in [2.05, 4.69) is 5.32 Å². The maximum absolute atomic E-state index is 12.7. The average molecular weight is 362 g/mol. The van der Waals surface area contributed by atoms with Gasteiger partial charge in [0, 0.05) is 24.8 Å². The van der Waals surface area contributed by atoms with Crippen molar-refractivity contribution in [2.75, 3.05) is 18.0 Å². The fourth-order valence-electron chi connectivity index (χ4n) is 3.25. The van der Waals surface area contributed by atoms with E-state index in [1.54, 1.807) is 0 Å². The maximum Gasteiger partial charge on any atom is 0.416 e. The lowest BCUT2D eigenvalue weighted by Crippen LogP contribution is -2.48. The summed E-state index contributed by atoms with van der Waals surface area (Å²) in [5.41, 5.74) is 1.06. The minimum Gasteiger partial charge on any atom is -0.369 e. The van der Waals surface area contributed by atoms with E-state index in [1.807, 2.05) is 35.2 Å². The summed E-state index contributed by atoms with van der Waals surface area (Å²) in [4.78, 5) is 14.2. The molecular weight excluding hydrogens is 341 g/mol. The van der Waals surface area contributed by atoms with Gasteiger partial charge in [0.1, 0.15) is 0 Å². The van der Waals surface area contributed by atoms with Crippen LogP contribution in [0.15, 0.2) is 54.6 Å². The van der Waals surface area contributed by atoms with Crippen molar-refractivity contribution < 1.29 is 18.0 Å². The molecule has 1 amide bonds. The first-order chi connectivity index (χ1) is 12.4.